The Morgan fingerprint density at radius 1 is 1.50 bits per heavy atom. The van der Waals surface area contributed by atoms with Gasteiger partial charge in [-0.25, -0.2) is 4.39 Å². The zero-order chi connectivity index (χ0) is 11.5. The van der Waals surface area contributed by atoms with Gasteiger partial charge in [-0.1, -0.05) is 5.10 Å². The van der Waals surface area contributed by atoms with Crippen molar-refractivity contribution in [3.63, 3.8) is 0 Å². The van der Waals surface area contributed by atoms with E-state index >= 15 is 0 Å². The highest BCUT2D eigenvalue weighted by atomic mass is 19.1. The lowest BCUT2D eigenvalue weighted by Crippen LogP contribution is -2.13. The Hall–Kier alpha value is -2.51. The molecule has 3 N–H and O–H groups in total. The molecular weight excluding hydrogens is 217 g/mol. The van der Waals surface area contributed by atoms with Crippen LogP contribution in [0.1, 0.15) is 10.4 Å². The molecule has 16 heavy (non-hydrogen) atoms. The molecule has 2 aromatic rings. The van der Waals surface area contributed by atoms with Crippen LogP contribution in [0.15, 0.2) is 18.2 Å². The Labute approximate surface area is 88.3 Å². The minimum absolute atomic E-state index is 0.0336. The molecule has 0 spiro atoms. The van der Waals surface area contributed by atoms with Crippen molar-refractivity contribution < 1.29 is 14.3 Å². The van der Waals surface area contributed by atoms with E-state index in [0.29, 0.717) is 0 Å². The topological polar surface area (TPSA) is 104 Å². The number of rotatable bonds is 2. The Bertz CT molecular complexity index is 513. The van der Waals surface area contributed by atoms with E-state index < -0.39 is 17.5 Å². The number of H-pyrrole nitrogens is 1. The van der Waals surface area contributed by atoms with Gasteiger partial charge in [0.2, 0.25) is 0 Å². The van der Waals surface area contributed by atoms with E-state index in [9.17, 15) is 14.3 Å². The van der Waals surface area contributed by atoms with E-state index in [-0.39, 0.29) is 11.5 Å². The van der Waals surface area contributed by atoms with Gasteiger partial charge in [-0.3, -0.25) is 10.1 Å². The van der Waals surface area contributed by atoms with E-state index in [1.54, 1.807) is 0 Å². The summed E-state index contributed by atoms with van der Waals surface area (Å²) >= 11 is 0. The van der Waals surface area contributed by atoms with Gasteiger partial charge in [0.25, 0.3) is 11.9 Å². The van der Waals surface area contributed by atoms with Gasteiger partial charge < -0.3 is 5.11 Å². The van der Waals surface area contributed by atoms with E-state index in [1.807, 2.05) is 0 Å². The van der Waals surface area contributed by atoms with Gasteiger partial charge in [0.05, 0.1) is 5.56 Å². The van der Waals surface area contributed by atoms with Crippen LogP contribution in [0.4, 0.5) is 10.3 Å². The number of hydrogen-bond acceptors (Lipinski definition) is 5. The summed E-state index contributed by atoms with van der Waals surface area (Å²) in [6.07, 6.45) is 0. The van der Waals surface area contributed by atoms with Gasteiger partial charge >= 0.3 is 0 Å². The Morgan fingerprint density at radius 2 is 2.31 bits per heavy atom. The third-order valence-corrected chi connectivity index (χ3v) is 1.78. The largest absolute Gasteiger partial charge is 0.507 e. The van der Waals surface area contributed by atoms with Crippen molar-refractivity contribution in [2.75, 3.05) is 5.32 Å². The summed E-state index contributed by atoms with van der Waals surface area (Å²) in [6.45, 7) is 0. The summed E-state index contributed by atoms with van der Waals surface area (Å²) < 4.78 is 12.7. The molecule has 2 rings (SSSR count). The number of tetrazole rings is 1. The van der Waals surface area contributed by atoms with Crippen LogP contribution in [0, 0.1) is 5.82 Å². The number of nitrogens with one attached hydrogen (secondary N) is 2. The van der Waals surface area contributed by atoms with Gasteiger partial charge in [0, 0.05) is 6.07 Å². The zero-order valence-electron chi connectivity index (χ0n) is 7.81. The van der Waals surface area contributed by atoms with Crippen LogP contribution >= 0.6 is 0 Å². The number of halogens is 1. The molecular formula is C8H6FN5O2. The first-order valence-corrected chi connectivity index (χ1v) is 4.20. The lowest BCUT2D eigenvalue weighted by Gasteiger charge is -2.02. The van der Waals surface area contributed by atoms with Crippen molar-refractivity contribution in [3.05, 3.63) is 29.6 Å². The van der Waals surface area contributed by atoms with Gasteiger partial charge in [0.1, 0.15) is 11.6 Å². The number of anilines is 1. The molecule has 0 aliphatic heterocycles. The molecule has 0 aliphatic carbocycles. The van der Waals surface area contributed by atoms with Crippen LogP contribution in [0.5, 0.6) is 5.75 Å². The number of aromatic nitrogens is 4. The van der Waals surface area contributed by atoms with Crippen LogP contribution in [0.3, 0.4) is 0 Å². The molecule has 0 radical (unpaired) electrons. The van der Waals surface area contributed by atoms with Crippen molar-refractivity contribution in [2.45, 2.75) is 0 Å². The summed E-state index contributed by atoms with van der Waals surface area (Å²) in [5.74, 6) is -1.78. The lowest BCUT2D eigenvalue weighted by molar-refractivity contribution is 0.102. The van der Waals surface area contributed by atoms with Crippen LogP contribution in [-0.2, 0) is 0 Å². The maximum atomic E-state index is 12.7. The third kappa shape index (κ3) is 1.95. The third-order valence-electron chi connectivity index (χ3n) is 1.78. The maximum absolute atomic E-state index is 12.7. The fraction of sp³-hybridized carbons (Fsp3) is 0. The van der Waals surface area contributed by atoms with E-state index in [4.69, 9.17) is 0 Å². The van der Waals surface area contributed by atoms with E-state index in [0.717, 1.165) is 18.2 Å². The number of benzene rings is 1. The molecule has 1 heterocycles. The number of phenols is 1. The van der Waals surface area contributed by atoms with Crippen LogP contribution < -0.4 is 5.32 Å². The van der Waals surface area contributed by atoms with Gasteiger partial charge in [-0.05, 0) is 17.3 Å². The quantitative estimate of drug-likeness (QED) is 0.679. The first kappa shape index (κ1) is 10.0. The Balaban J connectivity index is 2.21. The molecule has 1 aromatic carbocycles. The average Bonchev–Trinajstić information content (AvgIpc) is 2.70. The monoisotopic (exact) mass is 223 g/mol. The average molecular weight is 223 g/mol. The highest BCUT2D eigenvalue weighted by Gasteiger charge is 2.13. The first-order chi connectivity index (χ1) is 7.66. The molecule has 0 atom stereocenters. The van der Waals surface area contributed by atoms with Crippen molar-refractivity contribution in [1.29, 1.82) is 0 Å². The highest BCUT2D eigenvalue weighted by Crippen LogP contribution is 2.18. The smallest absolute Gasteiger partial charge is 0.270 e. The van der Waals surface area contributed by atoms with Crippen LogP contribution in [0.2, 0.25) is 0 Å². The predicted molar refractivity (Wildman–Crippen MR) is 50.2 cm³/mol. The van der Waals surface area contributed by atoms with Crippen molar-refractivity contribution >= 4 is 11.9 Å². The minimum atomic E-state index is -0.654. The number of carbonyl (C=O) groups is 1. The van der Waals surface area contributed by atoms with E-state index in [2.05, 4.69) is 25.9 Å². The number of aromatic hydroxyl groups is 1. The first-order valence-electron chi connectivity index (χ1n) is 4.20. The number of hydrogen-bond donors (Lipinski definition) is 3. The van der Waals surface area contributed by atoms with Gasteiger partial charge in [-0.2, -0.15) is 5.21 Å². The normalized spacial score (nSPS) is 10.1. The second-order valence-corrected chi connectivity index (χ2v) is 2.85. The summed E-state index contributed by atoms with van der Waals surface area (Å²) in [6, 6.07) is 3.05. The van der Waals surface area contributed by atoms with Crippen molar-refractivity contribution in [2.24, 2.45) is 0 Å². The molecule has 0 fully saturated rings. The van der Waals surface area contributed by atoms with Crippen LogP contribution in [-0.4, -0.2) is 31.6 Å². The van der Waals surface area contributed by atoms with Crippen molar-refractivity contribution in [1.82, 2.24) is 20.6 Å². The summed E-state index contributed by atoms with van der Waals surface area (Å²) in [5, 5.41) is 23.9. The molecule has 0 bridgehead atoms. The maximum Gasteiger partial charge on any atom is 0.270 e. The predicted octanol–water partition coefficient (Wildman–Crippen LogP) is 0.297. The number of phenolic OH excluding ortho intramolecular Hbond substituents is 1. The SMILES string of the molecule is O=C(Nc1nn[nH]n1)c1ccc(F)cc1O. The second kappa shape index (κ2) is 3.93. The molecule has 0 saturated carbocycles. The molecule has 0 saturated heterocycles. The lowest BCUT2D eigenvalue weighted by atomic mass is 10.2. The summed E-state index contributed by atoms with van der Waals surface area (Å²) in [4.78, 5) is 11.5. The standard InChI is InChI=1S/C8H6FN5O2/c9-4-1-2-5(6(15)3-4)7(16)10-8-11-13-14-12-8/h1-3,15H,(H2,10,11,12,13,14,16). The fourth-order valence-electron chi connectivity index (χ4n) is 1.08. The molecule has 0 unspecified atom stereocenters. The molecule has 0 aliphatic rings. The minimum Gasteiger partial charge on any atom is -0.507 e. The number of carbonyl (C=O) groups excluding carboxylic acids is 1. The number of amides is 1. The van der Waals surface area contributed by atoms with E-state index in [1.165, 1.54) is 0 Å². The number of aromatic amines is 1. The Kier molecular flexibility index (Phi) is 2.46. The molecule has 1 aromatic heterocycles. The van der Waals surface area contributed by atoms with Gasteiger partial charge in [-0.15, -0.1) is 5.10 Å². The number of nitrogens with zero attached hydrogens (tertiary/aromatic N) is 3. The molecule has 7 nitrogen and oxygen atoms in total. The molecule has 82 valence electrons. The fourth-order valence-corrected chi connectivity index (χ4v) is 1.08. The van der Waals surface area contributed by atoms with Crippen molar-refractivity contribution in [3.8, 4) is 5.75 Å². The zero-order valence-corrected chi connectivity index (χ0v) is 7.81. The highest BCUT2D eigenvalue weighted by molar-refractivity contribution is 6.05. The second-order valence-electron chi connectivity index (χ2n) is 2.85. The van der Waals surface area contributed by atoms with Gasteiger partial charge in [0.15, 0.2) is 0 Å². The molecule has 1 amide bonds. The summed E-state index contributed by atoms with van der Waals surface area (Å²) in [5.41, 5.74) is -0.0776. The van der Waals surface area contributed by atoms with Crippen LogP contribution in [0.25, 0.3) is 0 Å². The summed E-state index contributed by atoms with van der Waals surface area (Å²) in [7, 11) is 0. The molecule has 8 heteroatoms. The Morgan fingerprint density at radius 3 is 2.94 bits per heavy atom.